The summed E-state index contributed by atoms with van der Waals surface area (Å²) in [6, 6.07) is 10.9. The van der Waals surface area contributed by atoms with Gasteiger partial charge in [-0.25, -0.2) is 4.99 Å². The fraction of sp³-hybridized carbons (Fsp3) is 0.423. The van der Waals surface area contributed by atoms with Crippen molar-refractivity contribution in [3.05, 3.63) is 65.2 Å². The number of alkyl halides is 3. The van der Waals surface area contributed by atoms with E-state index in [2.05, 4.69) is 41.3 Å². The Hall–Kier alpha value is -2.32. The minimum Gasteiger partial charge on any atom is -0.303 e. The molecule has 0 saturated heterocycles. The second kappa shape index (κ2) is 9.74. The van der Waals surface area contributed by atoms with Gasteiger partial charge < -0.3 is 4.90 Å². The van der Waals surface area contributed by atoms with Crippen LogP contribution in [-0.4, -0.2) is 48.8 Å². The van der Waals surface area contributed by atoms with Gasteiger partial charge in [0.2, 0.25) is 5.96 Å². The van der Waals surface area contributed by atoms with Gasteiger partial charge in [-0.1, -0.05) is 45.0 Å². The predicted molar refractivity (Wildman–Crippen MR) is 137 cm³/mol. The van der Waals surface area contributed by atoms with Gasteiger partial charge in [0.15, 0.2) is 6.04 Å². The zero-order chi connectivity index (χ0) is 24.6. The number of halogens is 4. The smallest absolute Gasteiger partial charge is 0.303 e. The molecule has 0 N–H and O–H groups in total. The highest BCUT2D eigenvalue weighted by atomic mass is 79.9. The first-order valence-electron chi connectivity index (χ1n) is 11.6. The van der Waals surface area contributed by atoms with E-state index in [1.165, 1.54) is 0 Å². The zero-order valence-corrected chi connectivity index (χ0v) is 21.3. The van der Waals surface area contributed by atoms with Crippen molar-refractivity contribution in [1.29, 1.82) is 0 Å². The molecule has 2 heterocycles. The lowest BCUT2D eigenvalue weighted by Crippen LogP contribution is -2.51. The Morgan fingerprint density at radius 3 is 2.44 bits per heavy atom. The molecular weight excluding hydrogens is 505 g/mol. The summed E-state index contributed by atoms with van der Waals surface area (Å²) in [6.45, 7) is 11.5. The third-order valence-electron chi connectivity index (χ3n) is 6.34. The summed E-state index contributed by atoms with van der Waals surface area (Å²) in [6.07, 6.45) is -1.86. The number of aliphatic imine (C=N–C) groups is 1. The lowest BCUT2D eigenvalue weighted by molar-refractivity contribution is -0.150. The highest BCUT2D eigenvalue weighted by Crippen LogP contribution is 2.49. The summed E-state index contributed by atoms with van der Waals surface area (Å²) in [5, 5.41) is 0. The van der Waals surface area contributed by atoms with Gasteiger partial charge in [-0.15, -0.1) is 6.58 Å². The van der Waals surface area contributed by atoms with E-state index in [-0.39, 0.29) is 6.54 Å². The van der Waals surface area contributed by atoms with Crippen molar-refractivity contribution >= 4 is 39.0 Å². The number of fused-ring (bicyclic) bond motifs is 3. The Balaban J connectivity index is 1.82. The quantitative estimate of drug-likeness (QED) is 0.337. The lowest BCUT2D eigenvalue weighted by atomic mass is 10.0. The Morgan fingerprint density at radius 1 is 1.15 bits per heavy atom. The number of anilines is 3. The number of para-hydroxylation sites is 2. The Bertz CT molecular complexity index is 1080. The van der Waals surface area contributed by atoms with Gasteiger partial charge in [0.05, 0.1) is 23.1 Å². The molecule has 2 aliphatic heterocycles. The van der Waals surface area contributed by atoms with E-state index in [4.69, 9.17) is 0 Å². The van der Waals surface area contributed by atoms with Crippen LogP contribution >= 0.6 is 15.9 Å². The molecule has 0 spiro atoms. The first-order chi connectivity index (χ1) is 16.2. The molecule has 0 amide bonds. The zero-order valence-electron chi connectivity index (χ0n) is 19.7. The number of benzene rings is 2. The summed E-state index contributed by atoms with van der Waals surface area (Å²) in [7, 11) is 0. The van der Waals surface area contributed by atoms with E-state index in [0.717, 1.165) is 33.5 Å². The number of hydrogen-bond acceptors (Lipinski definition) is 4. The van der Waals surface area contributed by atoms with Crippen molar-refractivity contribution in [1.82, 2.24) is 4.90 Å². The Kier molecular flexibility index (Phi) is 7.10. The fourth-order valence-electron chi connectivity index (χ4n) is 4.77. The van der Waals surface area contributed by atoms with Crippen LogP contribution in [0.3, 0.4) is 0 Å². The Morgan fingerprint density at radius 2 is 1.85 bits per heavy atom. The molecule has 2 aliphatic rings. The molecule has 8 heteroatoms. The highest BCUT2D eigenvalue weighted by molar-refractivity contribution is 9.10. The maximum absolute atomic E-state index is 14.3. The SMILES string of the molecule is C=CCN(CCC)CC1C(C(F)(F)F)N=C2N(c3ccc(C(C)C)cc3Br)c3ccccc3N21. The van der Waals surface area contributed by atoms with Crippen LogP contribution in [0.5, 0.6) is 0 Å². The van der Waals surface area contributed by atoms with Crippen LogP contribution in [0.4, 0.5) is 30.2 Å². The number of guanidine groups is 1. The lowest BCUT2D eigenvalue weighted by Gasteiger charge is -2.32. The molecule has 0 aliphatic carbocycles. The van der Waals surface area contributed by atoms with Crippen LogP contribution in [0.2, 0.25) is 0 Å². The average Bonchev–Trinajstić information content (AvgIpc) is 3.29. The van der Waals surface area contributed by atoms with E-state index in [1.54, 1.807) is 11.0 Å². The van der Waals surface area contributed by atoms with Crippen LogP contribution in [0.15, 0.2) is 64.6 Å². The second-order valence-electron chi connectivity index (χ2n) is 9.09. The third kappa shape index (κ3) is 4.50. The molecule has 4 nitrogen and oxygen atoms in total. The van der Waals surface area contributed by atoms with E-state index in [1.807, 2.05) is 59.2 Å². The van der Waals surface area contributed by atoms with Crippen molar-refractivity contribution in [3.8, 4) is 0 Å². The van der Waals surface area contributed by atoms with Crippen molar-refractivity contribution in [2.75, 3.05) is 29.4 Å². The molecule has 0 radical (unpaired) electrons. The number of nitrogens with zero attached hydrogens (tertiary/aromatic N) is 4. The van der Waals surface area contributed by atoms with Crippen molar-refractivity contribution in [2.45, 2.75) is 51.4 Å². The van der Waals surface area contributed by atoms with Gasteiger partial charge in [-0.3, -0.25) is 9.80 Å². The van der Waals surface area contributed by atoms with Crippen molar-refractivity contribution in [2.24, 2.45) is 4.99 Å². The minimum atomic E-state index is -4.45. The summed E-state index contributed by atoms with van der Waals surface area (Å²) in [4.78, 5) is 9.97. The van der Waals surface area contributed by atoms with Gasteiger partial charge in [-0.2, -0.15) is 13.2 Å². The fourth-order valence-corrected chi connectivity index (χ4v) is 5.35. The molecule has 2 aromatic carbocycles. The normalized spacial score (nSPS) is 19.6. The van der Waals surface area contributed by atoms with Gasteiger partial charge in [-0.05, 0) is 64.6 Å². The molecule has 0 saturated carbocycles. The van der Waals surface area contributed by atoms with Crippen LogP contribution in [-0.2, 0) is 0 Å². The molecule has 0 bridgehead atoms. The molecule has 34 heavy (non-hydrogen) atoms. The topological polar surface area (TPSA) is 22.1 Å². The monoisotopic (exact) mass is 534 g/mol. The summed E-state index contributed by atoms with van der Waals surface area (Å²) in [5.41, 5.74) is 3.50. The first kappa shape index (κ1) is 24.8. The predicted octanol–water partition coefficient (Wildman–Crippen LogP) is 7.10. The van der Waals surface area contributed by atoms with Crippen molar-refractivity contribution in [3.63, 3.8) is 0 Å². The maximum Gasteiger partial charge on any atom is 0.412 e. The van der Waals surface area contributed by atoms with Gasteiger partial charge in [0.25, 0.3) is 0 Å². The third-order valence-corrected chi connectivity index (χ3v) is 6.97. The highest BCUT2D eigenvalue weighted by Gasteiger charge is 2.56. The molecule has 2 atom stereocenters. The molecule has 182 valence electrons. The van der Waals surface area contributed by atoms with Crippen LogP contribution in [0, 0.1) is 0 Å². The molecule has 4 rings (SSSR count). The van der Waals surface area contributed by atoms with Crippen LogP contribution in [0.25, 0.3) is 0 Å². The number of hydrogen-bond donors (Lipinski definition) is 0. The van der Waals surface area contributed by atoms with Crippen molar-refractivity contribution < 1.29 is 13.2 Å². The van der Waals surface area contributed by atoms with Crippen LogP contribution in [0.1, 0.15) is 38.7 Å². The molecular formula is C26H30BrF3N4. The molecule has 2 aromatic rings. The summed E-state index contributed by atoms with van der Waals surface area (Å²) >= 11 is 3.67. The maximum atomic E-state index is 14.3. The van der Waals surface area contributed by atoms with E-state index >= 15 is 0 Å². The first-order valence-corrected chi connectivity index (χ1v) is 12.4. The van der Waals surface area contributed by atoms with Gasteiger partial charge in [0, 0.05) is 17.6 Å². The van der Waals surface area contributed by atoms with E-state index in [0.29, 0.717) is 25.0 Å². The van der Waals surface area contributed by atoms with Gasteiger partial charge in [0.1, 0.15) is 0 Å². The number of rotatable bonds is 8. The molecule has 2 unspecified atom stereocenters. The standard InChI is InChI=1S/C26H30BrF3N4/c1-5-13-32(14-6-2)16-23-24(26(28,29)30)31-25-33(21-9-7-8-10-22(21)34(23)25)20-12-11-18(17(3)4)15-19(20)27/h5,7-12,15,17,23-24H,1,6,13-14,16H2,2-4H3. The Labute approximate surface area is 207 Å². The summed E-state index contributed by atoms with van der Waals surface area (Å²) in [5.74, 6) is 0.659. The molecule has 0 fully saturated rings. The minimum absolute atomic E-state index is 0.243. The van der Waals surface area contributed by atoms with Gasteiger partial charge >= 0.3 is 6.18 Å². The van der Waals surface area contributed by atoms with E-state index < -0.39 is 18.3 Å². The average molecular weight is 535 g/mol. The second-order valence-corrected chi connectivity index (χ2v) is 9.95. The van der Waals surface area contributed by atoms with E-state index in [9.17, 15) is 13.2 Å². The largest absolute Gasteiger partial charge is 0.412 e. The summed E-state index contributed by atoms with van der Waals surface area (Å²) < 4.78 is 43.6. The molecule has 0 aromatic heterocycles. The van der Waals surface area contributed by atoms with Crippen LogP contribution < -0.4 is 9.80 Å².